The van der Waals surface area contributed by atoms with Gasteiger partial charge in [0.05, 0.1) is 0 Å². The standard InChI is InChI=1S/C34H36N6O2/c1-19-25(5-3-7-29(19)39-33(41)31-13-27(21-9-10-21)23(15-35)17-37-31)26-6-4-8-30(20(26)2)40-34(42)32-14-28(22-11-12-22)24(16-36)18-38-32/h3-8,13-14,17-18,21-22H,9-12,15-16,35-36H2,1-2H3,(H,39,41)(H,40,42). The van der Waals surface area contributed by atoms with Crippen LogP contribution in [-0.4, -0.2) is 21.8 Å². The van der Waals surface area contributed by atoms with Gasteiger partial charge in [-0.1, -0.05) is 24.3 Å². The van der Waals surface area contributed by atoms with E-state index < -0.39 is 0 Å². The molecule has 2 aliphatic rings. The van der Waals surface area contributed by atoms with Crippen LogP contribution in [-0.2, 0) is 13.1 Å². The molecule has 2 fully saturated rings. The highest BCUT2D eigenvalue weighted by Gasteiger charge is 2.28. The van der Waals surface area contributed by atoms with Crippen LogP contribution in [0.3, 0.4) is 0 Å². The molecule has 2 heterocycles. The predicted molar refractivity (Wildman–Crippen MR) is 165 cm³/mol. The van der Waals surface area contributed by atoms with Crippen molar-refractivity contribution in [1.82, 2.24) is 9.97 Å². The molecule has 0 bridgehead atoms. The van der Waals surface area contributed by atoms with Gasteiger partial charge < -0.3 is 22.1 Å². The fraction of sp³-hybridized carbons (Fsp3) is 0.294. The molecule has 2 aliphatic carbocycles. The molecule has 42 heavy (non-hydrogen) atoms. The molecule has 2 amide bonds. The number of amides is 2. The minimum absolute atomic E-state index is 0.253. The van der Waals surface area contributed by atoms with Crippen LogP contribution >= 0.6 is 0 Å². The Morgan fingerprint density at radius 1 is 0.714 bits per heavy atom. The monoisotopic (exact) mass is 560 g/mol. The Labute approximate surface area is 246 Å². The highest BCUT2D eigenvalue weighted by atomic mass is 16.2. The van der Waals surface area contributed by atoms with Gasteiger partial charge in [-0.25, -0.2) is 0 Å². The molecule has 0 atom stereocenters. The lowest BCUT2D eigenvalue weighted by molar-refractivity contribution is 0.101. The first-order chi connectivity index (χ1) is 20.4. The van der Waals surface area contributed by atoms with Crippen LogP contribution in [0.5, 0.6) is 0 Å². The molecule has 8 heteroatoms. The maximum absolute atomic E-state index is 13.2. The molecule has 6 rings (SSSR count). The smallest absolute Gasteiger partial charge is 0.274 e. The van der Waals surface area contributed by atoms with Gasteiger partial charge >= 0.3 is 0 Å². The molecule has 8 nitrogen and oxygen atoms in total. The summed E-state index contributed by atoms with van der Waals surface area (Å²) in [6.45, 7) is 4.80. The van der Waals surface area contributed by atoms with Gasteiger partial charge in [0.1, 0.15) is 11.4 Å². The molecule has 0 spiro atoms. The van der Waals surface area contributed by atoms with Crippen LogP contribution in [0.2, 0.25) is 0 Å². The molecule has 0 unspecified atom stereocenters. The summed E-state index contributed by atoms with van der Waals surface area (Å²) in [7, 11) is 0. The van der Waals surface area contributed by atoms with Crippen molar-refractivity contribution in [3.8, 4) is 11.1 Å². The van der Waals surface area contributed by atoms with E-state index in [4.69, 9.17) is 11.5 Å². The van der Waals surface area contributed by atoms with Crippen molar-refractivity contribution < 1.29 is 9.59 Å². The first-order valence-electron chi connectivity index (χ1n) is 14.6. The van der Waals surface area contributed by atoms with Crippen LogP contribution in [0.1, 0.15) is 91.9 Å². The summed E-state index contributed by atoms with van der Waals surface area (Å²) in [5, 5.41) is 6.12. The lowest BCUT2D eigenvalue weighted by atomic mass is 9.94. The number of pyridine rings is 2. The summed E-state index contributed by atoms with van der Waals surface area (Å²) < 4.78 is 0. The second-order valence-corrected chi connectivity index (χ2v) is 11.4. The largest absolute Gasteiger partial charge is 0.326 e. The summed E-state index contributed by atoms with van der Waals surface area (Å²) in [4.78, 5) is 35.2. The number of hydrogen-bond donors (Lipinski definition) is 4. The minimum atomic E-state index is -0.253. The van der Waals surface area contributed by atoms with Gasteiger partial charge in [0, 0.05) is 36.9 Å². The molecule has 0 aliphatic heterocycles. The van der Waals surface area contributed by atoms with Crippen molar-refractivity contribution in [2.75, 3.05) is 10.6 Å². The number of benzene rings is 2. The third kappa shape index (κ3) is 5.55. The van der Waals surface area contributed by atoms with E-state index in [9.17, 15) is 9.59 Å². The van der Waals surface area contributed by atoms with E-state index in [1.54, 1.807) is 12.4 Å². The van der Waals surface area contributed by atoms with E-state index in [0.717, 1.165) is 70.2 Å². The second-order valence-electron chi connectivity index (χ2n) is 11.4. The number of hydrogen-bond acceptors (Lipinski definition) is 6. The van der Waals surface area contributed by atoms with Gasteiger partial charge in [-0.3, -0.25) is 19.6 Å². The number of carbonyl (C=O) groups excluding carboxylic acids is 2. The highest BCUT2D eigenvalue weighted by Crippen LogP contribution is 2.42. The SMILES string of the molecule is Cc1c(NC(=O)c2cc(C3CC3)c(CN)cn2)cccc1-c1cccc(NC(=O)c2cc(C3CC3)c(CN)cn2)c1C. The zero-order valence-corrected chi connectivity index (χ0v) is 24.0. The van der Waals surface area contributed by atoms with Gasteiger partial charge in [-0.05, 0) is 120 Å². The van der Waals surface area contributed by atoms with E-state index in [1.807, 2.05) is 62.4 Å². The van der Waals surface area contributed by atoms with Crippen molar-refractivity contribution >= 4 is 23.2 Å². The van der Waals surface area contributed by atoms with Gasteiger partial charge in [0.25, 0.3) is 11.8 Å². The Balaban J connectivity index is 1.23. The average Bonchev–Trinajstić information content (AvgIpc) is 3.93. The topological polar surface area (TPSA) is 136 Å². The number of rotatable bonds is 9. The second kappa shape index (κ2) is 11.5. The summed E-state index contributed by atoms with van der Waals surface area (Å²) in [5.74, 6) is 0.440. The van der Waals surface area contributed by atoms with Crippen LogP contribution < -0.4 is 22.1 Å². The van der Waals surface area contributed by atoms with Gasteiger partial charge in [-0.2, -0.15) is 0 Å². The van der Waals surface area contributed by atoms with E-state index in [1.165, 1.54) is 0 Å². The predicted octanol–water partition coefficient (Wildman–Crippen LogP) is 5.94. The highest BCUT2D eigenvalue weighted by molar-refractivity contribution is 6.05. The number of nitrogens with one attached hydrogen (secondary N) is 2. The van der Waals surface area contributed by atoms with Gasteiger partial charge in [0.2, 0.25) is 0 Å². The Morgan fingerprint density at radius 2 is 1.12 bits per heavy atom. The summed E-state index contributed by atoms with van der Waals surface area (Å²) in [5.41, 5.74) is 22.0. The lowest BCUT2D eigenvalue weighted by Gasteiger charge is -2.17. The van der Waals surface area contributed by atoms with Crippen molar-refractivity contribution in [2.24, 2.45) is 11.5 Å². The summed E-state index contributed by atoms with van der Waals surface area (Å²) in [6, 6.07) is 15.4. The summed E-state index contributed by atoms with van der Waals surface area (Å²) in [6.07, 6.45) is 7.94. The fourth-order valence-corrected chi connectivity index (χ4v) is 5.64. The number of anilines is 2. The van der Waals surface area contributed by atoms with E-state index >= 15 is 0 Å². The van der Waals surface area contributed by atoms with Gasteiger partial charge in [-0.15, -0.1) is 0 Å². The zero-order chi connectivity index (χ0) is 29.4. The van der Waals surface area contributed by atoms with Crippen molar-refractivity contribution in [3.63, 3.8) is 0 Å². The van der Waals surface area contributed by atoms with Gasteiger partial charge in [0.15, 0.2) is 0 Å². The Morgan fingerprint density at radius 3 is 1.48 bits per heavy atom. The summed E-state index contributed by atoms with van der Waals surface area (Å²) >= 11 is 0. The zero-order valence-electron chi connectivity index (χ0n) is 24.0. The molecule has 2 aromatic heterocycles. The normalized spacial score (nSPS) is 14.5. The van der Waals surface area contributed by atoms with E-state index in [-0.39, 0.29) is 11.8 Å². The maximum Gasteiger partial charge on any atom is 0.274 e. The fourth-order valence-electron chi connectivity index (χ4n) is 5.64. The van der Waals surface area contributed by atoms with Crippen molar-refractivity contribution in [1.29, 1.82) is 0 Å². The number of nitrogens with two attached hydrogens (primary N) is 2. The van der Waals surface area contributed by atoms with Crippen LogP contribution in [0.25, 0.3) is 11.1 Å². The van der Waals surface area contributed by atoms with Crippen molar-refractivity contribution in [2.45, 2.75) is 64.5 Å². The number of carbonyl (C=O) groups is 2. The van der Waals surface area contributed by atoms with E-state index in [2.05, 4.69) is 20.6 Å². The minimum Gasteiger partial charge on any atom is -0.326 e. The Hall–Kier alpha value is -4.40. The molecule has 2 aromatic carbocycles. The molecule has 0 saturated heterocycles. The number of aromatic nitrogens is 2. The molecular formula is C34H36N6O2. The maximum atomic E-state index is 13.2. The van der Waals surface area contributed by atoms with Crippen LogP contribution in [0.4, 0.5) is 11.4 Å². The average molecular weight is 561 g/mol. The Kier molecular flexibility index (Phi) is 7.58. The molecule has 4 aromatic rings. The molecule has 6 N–H and O–H groups in total. The Bertz CT molecular complexity index is 1560. The first kappa shape index (κ1) is 27.8. The molecule has 2 saturated carbocycles. The van der Waals surface area contributed by atoms with Crippen molar-refractivity contribution in [3.05, 3.63) is 106 Å². The van der Waals surface area contributed by atoms with Crippen LogP contribution in [0.15, 0.2) is 60.9 Å². The van der Waals surface area contributed by atoms with E-state index in [0.29, 0.717) is 47.7 Å². The third-order valence-electron chi connectivity index (χ3n) is 8.44. The first-order valence-corrected chi connectivity index (χ1v) is 14.6. The molecule has 214 valence electrons. The quantitative estimate of drug-likeness (QED) is 0.200. The molecular weight excluding hydrogens is 524 g/mol. The lowest BCUT2D eigenvalue weighted by Crippen LogP contribution is -2.16. The molecule has 0 radical (unpaired) electrons. The number of nitrogens with zero attached hydrogens (tertiary/aromatic N) is 2. The third-order valence-corrected chi connectivity index (χ3v) is 8.44. The van der Waals surface area contributed by atoms with Crippen LogP contribution in [0, 0.1) is 13.8 Å².